The van der Waals surface area contributed by atoms with Crippen LogP contribution >= 0.6 is 0 Å². The topological polar surface area (TPSA) is 92.9 Å². The van der Waals surface area contributed by atoms with Gasteiger partial charge in [0, 0.05) is 55.4 Å². The molecule has 2 aliphatic rings. The van der Waals surface area contributed by atoms with Crippen LogP contribution in [0.2, 0.25) is 0 Å². The minimum atomic E-state index is 0.139. The van der Waals surface area contributed by atoms with Crippen LogP contribution < -0.4 is 15.2 Å². The first-order chi connectivity index (χ1) is 19.9. The van der Waals surface area contributed by atoms with Crippen molar-refractivity contribution < 1.29 is 9.47 Å². The molecule has 6 rings (SSSR count). The fraction of sp³-hybridized carbons (Fsp3) is 0.419. The molecule has 2 fully saturated rings. The van der Waals surface area contributed by atoms with E-state index in [0.717, 1.165) is 43.7 Å². The third kappa shape index (κ3) is 6.34. The van der Waals surface area contributed by atoms with Gasteiger partial charge in [0.15, 0.2) is 0 Å². The van der Waals surface area contributed by atoms with Crippen molar-refractivity contribution in [3.05, 3.63) is 71.4 Å². The van der Waals surface area contributed by atoms with Gasteiger partial charge in [0.05, 0.1) is 32.6 Å². The summed E-state index contributed by atoms with van der Waals surface area (Å²) in [6, 6.07) is 17.3. The predicted octanol–water partition coefficient (Wildman–Crippen LogP) is 4.29. The molecule has 10 nitrogen and oxygen atoms in total. The Morgan fingerprint density at radius 2 is 1.44 bits per heavy atom. The molecule has 0 atom stereocenters. The monoisotopic (exact) mass is 554 g/mol. The molecule has 41 heavy (non-hydrogen) atoms. The third-order valence-electron chi connectivity index (χ3n) is 7.56. The molecule has 0 unspecified atom stereocenters. The summed E-state index contributed by atoms with van der Waals surface area (Å²) in [5, 5.41) is 5.71. The van der Waals surface area contributed by atoms with Crippen molar-refractivity contribution in [1.82, 2.24) is 19.5 Å². The summed E-state index contributed by atoms with van der Waals surface area (Å²) in [6.45, 7) is 13.1. The second-order valence-corrected chi connectivity index (χ2v) is 11.5. The number of nitrogens with zero attached hydrogens (tertiary/aromatic N) is 7. The molecular weight excluding hydrogens is 516 g/mol. The van der Waals surface area contributed by atoms with Crippen LogP contribution in [0.3, 0.4) is 0 Å². The van der Waals surface area contributed by atoms with Gasteiger partial charge in [0.2, 0.25) is 17.8 Å². The lowest BCUT2D eigenvalue weighted by molar-refractivity contribution is 0.121. The first kappa shape index (κ1) is 27.2. The first-order valence-corrected chi connectivity index (χ1v) is 14.3. The zero-order chi connectivity index (χ0) is 28.2. The molecule has 0 saturated carbocycles. The van der Waals surface area contributed by atoms with Crippen LogP contribution in [-0.4, -0.2) is 78.3 Å². The van der Waals surface area contributed by atoms with E-state index in [4.69, 9.17) is 24.4 Å². The van der Waals surface area contributed by atoms with Gasteiger partial charge in [-0.25, -0.2) is 5.43 Å². The Morgan fingerprint density at radius 3 is 2.05 bits per heavy atom. The number of morpholine rings is 2. The summed E-state index contributed by atoms with van der Waals surface area (Å²) < 4.78 is 13.3. The number of hydrazone groups is 1. The van der Waals surface area contributed by atoms with E-state index in [1.54, 1.807) is 0 Å². The second kappa shape index (κ2) is 11.8. The van der Waals surface area contributed by atoms with Gasteiger partial charge in [-0.15, -0.1) is 0 Å². The van der Waals surface area contributed by atoms with Crippen molar-refractivity contribution >= 4 is 35.0 Å². The zero-order valence-electron chi connectivity index (χ0n) is 24.1. The second-order valence-electron chi connectivity index (χ2n) is 11.5. The molecule has 1 N–H and O–H groups in total. The van der Waals surface area contributed by atoms with Gasteiger partial charge in [0.1, 0.15) is 0 Å². The molecule has 2 aromatic carbocycles. The van der Waals surface area contributed by atoms with E-state index >= 15 is 0 Å². The molecule has 2 aromatic heterocycles. The quantitative estimate of drug-likeness (QED) is 0.267. The van der Waals surface area contributed by atoms with Crippen molar-refractivity contribution in [2.24, 2.45) is 5.10 Å². The number of benzene rings is 2. The lowest BCUT2D eigenvalue weighted by Gasteiger charge is -2.30. The summed E-state index contributed by atoms with van der Waals surface area (Å²) in [7, 11) is 0. The highest BCUT2D eigenvalue weighted by Crippen LogP contribution is 2.25. The molecular formula is C31H38N8O2. The Hall–Kier alpha value is -4.02. The van der Waals surface area contributed by atoms with Crippen LogP contribution in [0.1, 0.15) is 37.5 Å². The Kier molecular flexibility index (Phi) is 7.84. The fourth-order valence-electron chi connectivity index (χ4n) is 5.19. The number of para-hydroxylation sites is 1. The predicted molar refractivity (Wildman–Crippen MR) is 163 cm³/mol. The molecule has 0 radical (unpaired) electrons. The maximum Gasteiger partial charge on any atom is 0.250 e. The van der Waals surface area contributed by atoms with E-state index in [1.165, 1.54) is 16.6 Å². The highest BCUT2D eigenvalue weighted by atomic mass is 16.5. The molecule has 10 heteroatoms. The van der Waals surface area contributed by atoms with Crippen LogP contribution in [-0.2, 0) is 21.4 Å². The zero-order valence-corrected chi connectivity index (χ0v) is 24.1. The van der Waals surface area contributed by atoms with E-state index < -0.39 is 0 Å². The molecule has 4 heterocycles. The summed E-state index contributed by atoms with van der Waals surface area (Å²) in [4.78, 5) is 18.4. The van der Waals surface area contributed by atoms with Crippen LogP contribution in [0.4, 0.5) is 17.8 Å². The Bertz CT molecular complexity index is 1460. The molecule has 0 amide bonds. The number of anilines is 3. The van der Waals surface area contributed by atoms with Gasteiger partial charge < -0.3 is 23.8 Å². The van der Waals surface area contributed by atoms with Crippen molar-refractivity contribution in [2.75, 3.05) is 67.8 Å². The van der Waals surface area contributed by atoms with Gasteiger partial charge in [-0.05, 0) is 22.6 Å². The number of hydrogen-bond donors (Lipinski definition) is 1. The fourth-order valence-corrected chi connectivity index (χ4v) is 5.19. The number of aromatic nitrogens is 4. The summed E-state index contributed by atoms with van der Waals surface area (Å²) in [6.07, 6.45) is 3.99. The van der Waals surface area contributed by atoms with Crippen molar-refractivity contribution in [3.63, 3.8) is 0 Å². The summed E-state index contributed by atoms with van der Waals surface area (Å²) >= 11 is 0. The van der Waals surface area contributed by atoms with Gasteiger partial charge in [-0.3, -0.25) is 0 Å². The average molecular weight is 555 g/mol. The molecule has 0 aliphatic carbocycles. The van der Waals surface area contributed by atoms with E-state index in [0.29, 0.717) is 44.3 Å². The van der Waals surface area contributed by atoms with Crippen molar-refractivity contribution in [3.8, 4) is 0 Å². The summed E-state index contributed by atoms with van der Waals surface area (Å²) in [5.74, 6) is 1.69. The van der Waals surface area contributed by atoms with Crippen LogP contribution in [0, 0.1) is 0 Å². The van der Waals surface area contributed by atoms with Gasteiger partial charge in [-0.1, -0.05) is 63.2 Å². The SMILES string of the molecule is CC(C)(C)c1ccc(Cn2cc(/C=N/Nc3nc(N4CCOCC4)nc(N4CCOCC4)n3)c3ccccc32)cc1. The van der Waals surface area contributed by atoms with Crippen LogP contribution in [0.15, 0.2) is 59.8 Å². The Morgan fingerprint density at radius 1 is 0.829 bits per heavy atom. The Balaban J connectivity index is 1.24. The average Bonchev–Trinajstić information content (AvgIpc) is 3.35. The van der Waals surface area contributed by atoms with E-state index in [1.807, 2.05) is 6.21 Å². The third-order valence-corrected chi connectivity index (χ3v) is 7.56. The Labute approximate surface area is 241 Å². The lowest BCUT2D eigenvalue weighted by Crippen LogP contribution is -2.40. The molecule has 2 aliphatic heterocycles. The molecule has 4 aromatic rings. The lowest BCUT2D eigenvalue weighted by atomic mass is 9.87. The standard InChI is InChI=1S/C31H38N8O2/c1-31(2,3)25-10-8-23(9-11-25)21-39-22-24(26-6-4-5-7-27(26)39)20-32-36-28-33-29(37-12-16-40-17-13-37)35-30(34-28)38-14-18-41-19-15-38/h4-11,20,22H,12-19,21H2,1-3H3,(H,33,34,35,36)/b32-20+. The highest BCUT2D eigenvalue weighted by Gasteiger charge is 2.21. The number of ether oxygens (including phenoxy) is 2. The molecule has 0 spiro atoms. The van der Waals surface area contributed by atoms with Crippen LogP contribution in [0.5, 0.6) is 0 Å². The molecule has 214 valence electrons. The number of hydrogen-bond acceptors (Lipinski definition) is 9. The number of fused-ring (bicyclic) bond motifs is 1. The maximum absolute atomic E-state index is 5.52. The van der Waals surface area contributed by atoms with E-state index in [-0.39, 0.29) is 5.41 Å². The number of rotatable bonds is 7. The number of nitrogens with one attached hydrogen (secondary N) is 1. The minimum Gasteiger partial charge on any atom is -0.378 e. The summed E-state index contributed by atoms with van der Waals surface area (Å²) in [5.41, 5.74) is 8.00. The van der Waals surface area contributed by atoms with Gasteiger partial charge >= 0.3 is 0 Å². The van der Waals surface area contributed by atoms with E-state index in [9.17, 15) is 0 Å². The smallest absolute Gasteiger partial charge is 0.250 e. The minimum absolute atomic E-state index is 0.139. The molecule has 0 bridgehead atoms. The molecule has 2 saturated heterocycles. The van der Waals surface area contributed by atoms with Crippen molar-refractivity contribution in [1.29, 1.82) is 0 Å². The van der Waals surface area contributed by atoms with Crippen molar-refractivity contribution in [2.45, 2.75) is 32.7 Å². The van der Waals surface area contributed by atoms with Gasteiger partial charge in [0.25, 0.3) is 0 Å². The maximum atomic E-state index is 5.52. The van der Waals surface area contributed by atoms with E-state index in [2.05, 4.69) is 100 Å². The van der Waals surface area contributed by atoms with Gasteiger partial charge in [-0.2, -0.15) is 20.1 Å². The first-order valence-electron chi connectivity index (χ1n) is 14.3. The largest absolute Gasteiger partial charge is 0.378 e. The highest BCUT2D eigenvalue weighted by molar-refractivity contribution is 5.99. The van der Waals surface area contributed by atoms with Crippen LogP contribution in [0.25, 0.3) is 10.9 Å². The normalized spacial score (nSPS) is 16.6.